The second-order valence-corrected chi connectivity index (χ2v) is 9.63. The first-order valence-electron chi connectivity index (χ1n) is 11.7. The quantitative estimate of drug-likeness (QED) is 0.432. The lowest BCUT2D eigenvalue weighted by Gasteiger charge is -2.20. The third-order valence-electron chi connectivity index (χ3n) is 6.13. The molecule has 0 aliphatic carbocycles. The van der Waals surface area contributed by atoms with Crippen LogP contribution < -0.4 is 4.74 Å². The van der Waals surface area contributed by atoms with Gasteiger partial charge in [-0.25, -0.2) is 0 Å². The number of aromatic nitrogens is 1. The van der Waals surface area contributed by atoms with Crippen LogP contribution in [0.4, 0.5) is 0 Å². The molecule has 0 unspecified atom stereocenters. The average Bonchev–Trinajstić information content (AvgIpc) is 3.37. The Labute approximate surface area is 208 Å². The van der Waals surface area contributed by atoms with Gasteiger partial charge in [-0.2, -0.15) is 15.1 Å². The van der Waals surface area contributed by atoms with Crippen LogP contribution >= 0.6 is 11.8 Å². The number of thioether (sulfide) groups is 1. The van der Waals surface area contributed by atoms with E-state index in [2.05, 4.69) is 34.6 Å². The van der Waals surface area contributed by atoms with Crippen molar-refractivity contribution in [2.24, 2.45) is 10.1 Å². The van der Waals surface area contributed by atoms with E-state index in [1.165, 1.54) is 22.3 Å². The second-order valence-electron chi connectivity index (χ2n) is 8.59. The lowest BCUT2D eigenvalue weighted by Crippen LogP contribution is -2.35. The van der Waals surface area contributed by atoms with Crippen LogP contribution in [0.2, 0.25) is 0 Å². The summed E-state index contributed by atoms with van der Waals surface area (Å²) in [5, 5.41) is 17.1. The molecule has 0 atom stereocenters. The van der Waals surface area contributed by atoms with Crippen molar-refractivity contribution in [1.82, 2.24) is 9.58 Å². The summed E-state index contributed by atoms with van der Waals surface area (Å²) >= 11 is 1.37. The maximum atomic E-state index is 12.9. The van der Waals surface area contributed by atoms with Gasteiger partial charge in [0.15, 0.2) is 5.84 Å². The largest absolute Gasteiger partial charge is 0.492 e. The van der Waals surface area contributed by atoms with Gasteiger partial charge >= 0.3 is 0 Å². The summed E-state index contributed by atoms with van der Waals surface area (Å²) in [5.41, 5.74) is 4.42. The number of carbonyl (C=O) groups excluding carboxylic acids is 1. The molecule has 0 saturated heterocycles. The highest BCUT2D eigenvalue weighted by Gasteiger charge is 2.35. The molecule has 7 nitrogen and oxygen atoms in total. The van der Waals surface area contributed by atoms with E-state index >= 15 is 0 Å². The third-order valence-corrected chi connectivity index (χ3v) is 7.10. The molecule has 3 heterocycles. The zero-order chi connectivity index (χ0) is 24.5. The first kappa shape index (κ1) is 23.1. The number of benzene rings is 2. The molecule has 3 aromatic rings. The number of hydrogen-bond acceptors (Lipinski definition) is 5. The molecule has 0 radical (unpaired) electrons. The first-order chi connectivity index (χ1) is 17.0. The predicted molar refractivity (Wildman–Crippen MR) is 143 cm³/mol. The number of amidine groups is 2. The summed E-state index contributed by atoms with van der Waals surface area (Å²) in [6.07, 6.45) is 3.54. The Morgan fingerprint density at radius 1 is 1.11 bits per heavy atom. The molecule has 5 rings (SSSR count). The van der Waals surface area contributed by atoms with Gasteiger partial charge in [0.2, 0.25) is 5.17 Å². The van der Waals surface area contributed by atoms with E-state index in [1.54, 1.807) is 6.08 Å². The molecule has 2 aliphatic heterocycles. The molecule has 0 spiro atoms. The number of aliphatic imine (C=N–C) groups is 1. The van der Waals surface area contributed by atoms with Gasteiger partial charge in [0, 0.05) is 22.2 Å². The Morgan fingerprint density at radius 3 is 2.66 bits per heavy atom. The molecule has 2 aliphatic rings. The number of aryl methyl sites for hydroxylation is 1. The smallest absolute Gasteiger partial charge is 0.283 e. The monoisotopic (exact) mass is 485 g/mol. The maximum Gasteiger partial charge on any atom is 0.283 e. The Hall–Kier alpha value is -3.65. The van der Waals surface area contributed by atoms with Crippen molar-refractivity contribution < 1.29 is 9.53 Å². The lowest BCUT2D eigenvalue weighted by atomic mass is 10.1. The third kappa shape index (κ3) is 4.41. The first-order valence-corrected chi connectivity index (χ1v) is 12.5. The lowest BCUT2D eigenvalue weighted by molar-refractivity contribution is -0.114. The maximum absolute atomic E-state index is 12.9. The number of fused-ring (bicyclic) bond motifs is 2. The second kappa shape index (κ2) is 9.54. The number of ether oxygens (including phenoxy) is 1. The minimum absolute atomic E-state index is 0.0672. The summed E-state index contributed by atoms with van der Waals surface area (Å²) in [6.45, 7) is 7.34. The van der Waals surface area contributed by atoms with Crippen LogP contribution in [0.1, 0.15) is 36.6 Å². The van der Waals surface area contributed by atoms with E-state index in [0.717, 1.165) is 45.8 Å². The number of rotatable bonds is 7. The van der Waals surface area contributed by atoms with Gasteiger partial charge in [0.05, 0.1) is 12.1 Å². The van der Waals surface area contributed by atoms with Gasteiger partial charge in [-0.1, -0.05) is 42.8 Å². The summed E-state index contributed by atoms with van der Waals surface area (Å²) in [4.78, 5) is 17.1. The summed E-state index contributed by atoms with van der Waals surface area (Å²) in [7, 11) is 0. The van der Waals surface area contributed by atoms with Crippen molar-refractivity contribution in [2.45, 2.75) is 40.2 Å². The van der Waals surface area contributed by atoms with Crippen molar-refractivity contribution >= 4 is 50.7 Å². The van der Waals surface area contributed by atoms with Crippen LogP contribution in [-0.2, 0) is 11.3 Å². The number of carbonyl (C=O) groups is 1. The van der Waals surface area contributed by atoms with Gasteiger partial charge in [-0.3, -0.25) is 10.2 Å². The topological polar surface area (TPSA) is 83.0 Å². The molecule has 35 heavy (non-hydrogen) atoms. The fraction of sp³-hybridized carbons (Fsp3) is 0.259. The molecular formula is C27H27N5O2S. The molecule has 0 fully saturated rings. The van der Waals surface area contributed by atoms with Crippen LogP contribution in [0.5, 0.6) is 5.75 Å². The van der Waals surface area contributed by atoms with Crippen molar-refractivity contribution in [1.29, 1.82) is 5.41 Å². The standard InChI is InChI=1S/C27H27N5O2S/c1-4-7-24-30-32-25(28)22(26(33)29-27(32)35-24)16-21-18(3)31(23-9-6-5-8-20(21)23)14-15-34-19-12-10-17(2)11-13-19/h5-6,8-13,16,28H,4,7,14-15H2,1-3H3. The Bertz CT molecular complexity index is 1420. The molecule has 0 saturated carbocycles. The van der Waals surface area contributed by atoms with Crippen molar-refractivity contribution in [2.75, 3.05) is 6.61 Å². The fourth-order valence-electron chi connectivity index (χ4n) is 4.31. The summed E-state index contributed by atoms with van der Waals surface area (Å²) < 4.78 is 8.17. The molecule has 0 bridgehead atoms. The van der Waals surface area contributed by atoms with Crippen molar-refractivity contribution in [3.63, 3.8) is 0 Å². The normalized spacial score (nSPS) is 16.7. The molecule has 2 aromatic carbocycles. The fourth-order valence-corrected chi connectivity index (χ4v) is 5.29. The van der Waals surface area contributed by atoms with Crippen LogP contribution in [0, 0.1) is 19.3 Å². The summed E-state index contributed by atoms with van der Waals surface area (Å²) in [6, 6.07) is 16.1. The molecule has 1 amide bonds. The SMILES string of the molecule is CCCC1=NN2C(=N)C(=Cc3c(C)n(CCOc4ccc(C)cc4)c4ccccc34)C(=O)N=C2S1. The van der Waals surface area contributed by atoms with Crippen molar-refractivity contribution in [3.05, 3.63) is 70.9 Å². The van der Waals surface area contributed by atoms with Crippen LogP contribution in [0.3, 0.4) is 0 Å². The molecule has 1 N–H and O–H groups in total. The highest BCUT2D eigenvalue weighted by atomic mass is 32.2. The predicted octanol–water partition coefficient (Wildman–Crippen LogP) is 5.76. The molecule has 1 aromatic heterocycles. The van der Waals surface area contributed by atoms with E-state index in [-0.39, 0.29) is 11.4 Å². The highest BCUT2D eigenvalue weighted by molar-refractivity contribution is 8.26. The molecular weight excluding hydrogens is 458 g/mol. The van der Waals surface area contributed by atoms with Crippen LogP contribution in [-0.4, -0.2) is 38.1 Å². The van der Waals surface area contributed by atoms with E-state index in [4.69, 9.17) is 10.1 Å². The zero-order valence-electron chi connectivity index (χ0n) is 20.0. The minimum atomic E-state index is -0.402. The average molecular weight is 486 g/mol. The van der Waals surface area contributed by atoms with Crippen LogP contribution in [0.15, 0.2) is 64.2 Å². The van der Waals surface area contributed by atoms with E-state index in [9.17, 15) is 4.79 Å². The summed E-state index contributed by atoms with van der Waals surface area (Å²) in [5.74, 6) is 0.506. The Kier molecular flexibility index (Phi) is 6.30. The van der Waals surface area contributed by atoms with Gasteiger partial charge < -0.3 is 9.30 Å². The van der Waals surface area contributed by atoms with Gasteiger partial charge in [0.1, 0.15) is 17.4 Å². The number of hydrazone groups is 1. The zero-order valence-corrected chi connectivity index (χ0v) is 20.9. The number of nitrogens with zero attached hydrogens (tertiary/aromatic N) is 4. The Balaban J connectivity index is 1.46. The minimum Gasteiger partial charge on any atom is -0.492 e. The van der Waals surface area contributed by atoms with Crippen LogP contribution in [0.25, 0.3) is 17.0 Å². The Morgan fingerprint density at radius 2 is 1.89 bits per heavy atom. The number of nitrogens with one attached hydrogen (secondary N) is 1. The van der Waals surface area contributed by atoms with Gasteiger partial charge in [-0.05, 0) is 62.7 Å². The van der Waals surface area contributed by atoms with Gasteiger partial charge in [0.25, 0.3) is 5.91 Å². The van der Waals surface area contributed by atoms with E-state index in [0.29, 0.717) is 18.3 Å². The van der Waals surface area contributed by atoms with Crippen molar-refractivity contribution in [3.8, 4) is 5.75 Å². The molecule has 178 valence electrons. The number of hydrogen-bond donors (Lipinski definition) is 1. The van der Waals surface area contributed by atoms with E-state index in [1.807, 2.05) is 49.4 Å². The number of amides is 1. The molecule has 8 heteroatoms. The number of para-hydroxylation sites is 1. The highest BCUT2D eigenvalue weighted by Crippen LogP contribution is 2.32. The van der Waals surface area contributed by atoms with Gasteiger partial charge in [-0.15, -0.1) is 0 Å². The van der Waals surface area contributed by atoms with E-state index < -0.39 is 5.91 Å².